The Morgan fingerprint density at radius 3 is 2.35 bits per heavy atom. The normalized spacial score (nSPS) is 21.7. The summed E-state index contributed by atoms with van der Waals surface area (Å²) in [5.41, 5.74) is 6.11. The molecule has 4 aromatic carbocycles. The molecule has 1 unspecified atom stereocenters. The fourth-order valence-electron chi connectivity index (χ4n) is 6.73. The predicted octanol–water partition coefficient (Wildman–Crippen LogP) is 6.31. The van der Waals surface area contributed by atoms with Gasteiger partial charge in [-0.2, -0.15) is 0 Å². The van der Waals surface area contributed by atoms with Crippen molar-refractivity contribution in [1.29, 1.82) is 0 Å². The molecule has 2 heterocycles. The molecule has 2 N–H and O–H groups in total. The number of aliphatic hydroxyl groups is 1. The van der Waals surface area contributed by atoms with E-state index < -0.39 is 24.3 Å². The molecule has 270 valence electrons. The number of nitrogens with zero attached hydrogens (tertiary/aromatic N) is 2. The molecule has 0 saturated carbocycles. The number of imide groups is 1. The molecule has 3 amide bonds. The maximum absolute atomic E-state index is 13.3. The number of amides is 3. The average Bonchev–Trinajstić information content (AvgIpc) is 3.42. The molecule has 4 aromatic rings. The summed E-state index contributed by atoms with van der Waals surface area (Å²) in [6.45, 7) is 7.54. The number of likely N-dealkylation sites (tertiary alicyclic amines) is 1. The maximum Gasteiger partial charge on any atom is 0.408 e. The first-order valence-corrected chi connectivity index (χ1v) is 17.5. The number of likely N-dealkylation sites (N-methyl/N-ethyl adjacent to an activating group) is 1. The number of benzene rings is 4. The Morgan fingerprint density at radius 1 is 0.942 bits per heavy atom. The van der Waals surface area contributed by atoms with Crippen molar-refractivity contribution in [3.8, 4) is 11.1 Å². The number of hydrogen-bond donors (Lipinski definition) is 2. The first kappa shape index (κ1) is 36.7. The standard InChI is InChI=1S/C42H45N3O7/c1-4-22-44(3)25-37-28(2)39(32-16-14-29(26-46)15-17-32)52-41(51-37)33-20-18-31(19-21-33)35-13-9-8-12-34(35)24-45-38(47)23-36(40(45)48)43-42(49)50-27-30-10-6-5-7-11-30/h4-21,28,36-37,39,41,46H,1,22-27H2,2-3H3,(H,43,49)/t28-,36?,37+,39+,41+/m0/s1. The summed E-state index contributed by atoms with van der Waals surface area (Å²) < 4.78 is 18.5. The third kappa shape index (κ3) is 8.66. The van der Waals surface area contributed by atoms with E-state index in [1.807, 2.05) is 116 Å². The number of nitrogens with one attached hydrogen (secondary N) is 1. The van der Waals surface area contributed by atoms with Crippen molar-refractivity contribution in [3.05, 3.63) is 144 Å². The quantitative estimate of drug-likeness (QED) is 0.123. The number of ether oxygens (including phenoxy) is 3. The Bertz CT molecular complexity index is 1850. The van der Waals surface area contributed by atoms with Crippen LogP contribution in [0.1, 0.15) is 53.6 Å². The van der Waals surface area contributed by atoms with Gasteiger partial charge < -0.3 is 29.5 Å². The average molecular weight is 704 g/mol. The van der Waals surface area contributed by atoms with Crippen LogP contribution in [0.25, 0.3) is 11.1 Å². The van der Waals surface area contributed by atoms with Crippen molar-refractivity contribution in [2.24, 2.45) is 5.92 Å². The highest BCUT2D eigenvalue weighted by Crippen LogP contribution is 2.42. The van der Waals surface area contributed by atoms with Crippen LogP contribution in [0.3, 0.4) is 0 Å². The zero-order valence-electron chi connectivity index (χ0n) is 29.5. The molecule has 0 spiro atoms. The van der Waals surface area contributed by atoms with Crippen LogP contribution in [0, 0.1) is 5.92 Å². The second kappa shape index (κ2) is 16.9. The van der Waals surface area contributed by atoms with E-state index in [1.165, 1.54) is 4.90 Å². The number of hydrogen-bond acceptors (Lipinski definition) is 8. The zero-order valence-corrected chi connectivity index (χ0v) is 29.5. The van der Waals surface area contributed by atoms with Crippen LogP contribution in [0.2, 0.25) is 0 Å². The summed E-state index contributed by atoms with van der Waals surface area (Å²) in [5, 5.41) is 12.1. The third-order valence-corrected chi connectivity index (χ3v) is 9.64. The molecule has 10 nitrogen and oxygen atoms in total. The van der Waals surface area contributed by atoms with Crippen LogP contribution < -0.4 is 5.32 Å². The highest BCUT2D eigenvalue weighted by Gasteiger charge is 2.41. The fourth-order valence-corrected chi connectivity index (χ4v) is 6.73. The third-order valence-electron chi connectivity index (χ3n) is 9.64. The van der Waals surface area contributed by atoms with Crippen molar-refractivity contribution in [2.75, 3.05) is 20.1 Å². The molecule has 5 atom stereocenters. The number of aliphatic hydroxyl groups excluding tert-OH is 1. The van der Waals surface area contributed by atoms with Gasteiger partial charge in [0.2, 0.25) is 5.91 Å². The van der Waals surface area contributed by atoms with E-state index in [0.29, 0.717) is 6.54 Å². The Labute approximate surface area is 304 Å². The van der Waals surface area contributed by atoms with Crippen LogP contribution in [0.4, 0.5) is 4.79 Å². The van der Waals surface area contributed by atoms with Crippen LogP contribution >= 0.6 is 0 Å². The van der Waals surface area contributed by atoms with Crippen LogP contribution in [-0.2, 0) is 43.6 Å². The first-order valence-electron chi connectivity index (χ1n) is 17.5. The van der Waals surface area contributed by atoms with Crippen molar-refractivity contribution in [1.82, 2.24) is 15.1 Å². The summed E-state index contributed by atoms with van der Waals surface area (Å²) >= 11 is 0. The van der Waals surface area contributed by atoms with Gasteiger partial charge in [-0.25, -0.2) is 4.79 Å². The highest BCUT2D eigenvalue weighted by molar-refractivity contribution is 6.06. The minimum atomic E-state index is -0.989. The SMILES string of the molecule is C=CCN(C)C[C@H]1O[C@@H](c2ccc(-c3ccccc3CN3C(=O)CC(NC(=O)OCc4ccccc4)C3=O)cc2)O[C@@H](c2ccc(CO)cc2)[C@H]1C. The number of alkyl carbamates (subject to hydrolysis) is 1. The second-order valence-corrected chi connectivity index (χ2v) is 13.4. The molecule has 10 heteroatoms. The number of carbonyl (C=O) groups is 3. The summed E-state index contributed by atoms with van der Waals surface area (Å²) in [6.07, 6.45) is 0.0258. The van der Waals surface area contributed by atoms with Gasteiger partial charge in [0.1, 0.15) is 12.6 Å². The molecule has 52 heavy (non-hydrogen) atoms. The van der Waals surface area contributed by atoms with Crippen LogP contribution in [-0.4, -0.2) is 65.1 Å². The minimum Gasteiger partial charge on any atom is -0.445 e. The summed E-state index contributed by atoms with van der Waals surface area (Å²) in [5.74, 6) is -0.778. The lowest BCUT2D eigenvalue weighted by molar-refractivity contribution is -0.275. The molecule has 0 aliphatic carbocycles. The highest BCUT2D eigenvalue weighted by atomic mass is 16.7. The topological polar surface area (TPSA) is 118 Å². The zero-order chi connectivity index (χ0) is 36.6. The van der Waals surface area contributed by atoms with Gasteiger partial charge in [-0.15, -0.1) is 6.58 Å². The smallest absolute Gasteiger partial charge is 0.408 e. The molecule has 2 aliphatic rings. The minimum absolute atomic E-state index is 0.0219. The fraction of sp³-hybridized carbons (Fsp3) is 0.310. The van der Waals surface area contributed by atoms with Crippen molar-refractivity contribution >= 4 is 17.9 Å². The molecule has 2 fully saturated rings. The van der Waals surface area contributed by atoms with Crippen LogP contribution in [0.5, 0.6) is 0 Å². The van der Waals surface area contributed by atoms with Gasteiger partial charge in [0.05, 0.1) is 31.8 Å². The Balaban J connectivity index is 1.15. The van der Waals surface area contributed by atoms with Gasteiger partial charge >= 0.3 is 6.09 Å². The molecule has 6 rings (SSSR count). The Kier molecular flexibility index (Phi) is 11.9. The molecule has 0 aromatic heterocycles. The van der Waals surface area contributed by atoms with Crippen molar-refractivity contribution in [3.63, 3.8) is 0 Å². The molecule has 2 saturated heterocycles. The van der Waals surface area contributed by atoms with E-state index >= 15 is 0 Å². The van der Waals surface area contributed by atoms with E-state index in [2.05, 4.69) is 23.7 Å². The maximum atomic E-state index is 13.3. The van der Waals surface area contributed by atoms with E-state index in [4.69, 9.17) is 14.2 Å². The number of carbonyl (C=O) groups excluding carboxylic acids is 3. The van der Waals surface area contributed by atoms with Gasteiger partial charge in [-0.05, 0) is 40.4 Å². The molecule has 2 aliphatic heterocycles. The largest absolute Gasteiger partial charge is 0.445 e. The van der Waals surface area contributed by atoms with Crippen molar-refractivity contribution < 1.29 is 33.7 Å². The van der Waals surface area contributed by atoms with Crippen LogP contribution in [0.15, 0.2) is 116 Å². The Hall–Kier alpha value is -5.13. The predicted molar refractivity (Wildman–Crippen MR) is 196 cm³/mol. The molecule has 0 bridgehead atoms. The van der Waals surface area contributed by atoms with E-state index in [9.17, 15) is 19.5 Å². The number of rotatable bonds is 13. The van der Waals surface area contributed by atoms with E-state index in [1.54, 1.807) is 0 Å². The molecular weight excluding hydrogens is 658 g/mol. The van der Waals surface area contributed by atoms with Gasteiger partial charge in [-0.1, -0.05) is 116 Å². The Morgan fingerprint density at radius 2 is 1.63 bits per heavy atom. The summed E-state index contributed by atoms with van der Waals surface area (Å²) in [7, 11) is 2.04. The lowest BCUT2D eigenvalue weighted by Crippen LogP contribution is -2.43. The van der Waals surface area contributed by atoms with Gasteiger partial charge in [0.15, 0.2) is 6.29 Å². The summed E-state index contributed by atoms with van der Waals surface area (Å²) in [4.78, 5) is 42.1. The van der Waals surface area contributed by atoms with Crippen molar-refractivity contribution in [2.45, 2.75) is 57.6 Å². The molecular formula is C42H45N3O7. The second-order valence-electron chi connectivity index (χ2n) is 13.4. The monoisotopic (exact) mass is 703 g/mol. The lowest BCUT2D eigenvalue weighted by atomic mass is 9.90. The van der Waals surface area contributed by atoms with E-state index in [0.717, 1.165) is 45.5 Å². The summed E-state index contributed by atoms with van der Waals surface area (Å²) in [6, 6.07) is 31.7. The van der Waals surface area contributed by atoms with Gasteiger partial charge in [-0.3, -0.25) is 14.5 Å². The van der Waals surface area contributed by atoms with Gasteiger partial charge in [0.25, 0.3) is 5.91 Å². The lowest BCUT2D eigenvalue weighted by Gasteiger charge is -2.42. The van der Waals surface area contributed by atoms with Gasteiger partial charge in [0, 0.05) is 24.6 Å². The molecule has 0 radical (unpaired) electrons. The van der Waals surface area contributed by atoms with E-state index in [-0.39, 0.29) is 50.2 Å². The first-order chi connectivity index (χ1) is 25.2.